The van der Waals surface area contributed by atoms with Gasteiger partial charge in [-0.15, -0.1) is 0 Å². The number of halogens is 2. The third kappa shape index (κ3) is 6.05. The molecule has 1 heterocycles. The molecule has 0 unspecified atom stereocenters. The van der Waals surface area contributed by atoms with Gasteiger partial charge in [0.2, 0.25) is 0 Å². The fourth-order valence-electron chi connectivity index (χ4n) is 3.76. The van der Waals surface area contributed by atoms with Gasteiger partial charge in [-0.2, -0.15) is 9.78 Å². The van der Waals surface area contributed by atoms with Gasteiger partial charge >= 0.3 is 0 Å². The molecule has 0 amide bonds. The summed E-state index contributed by atoms with van der Waals surface area (Å²) in [6, 6.07) is 17.4. The second kappa shape index (κ2) is 11.8. The van der Waals surface area contributed by atoms with Gasteiger partial charge in [0.15, 0.2) is 11.5 Å². The minimum absolute atomic E-state index is 0.215. The quantitative estimate of drug-likeness (QED) is 0.190. The SMILES string of the molecule is CCCCc1nc2ccc(Br)cc2c(=O)n1N=Cc1cc(Br)cc(OC)c1OCc1ccc(C)cc1. The molecule has 1 aromatic heterocycles. The summed E-state index contributed by atoms with van der Waals surface area (Å²) in [7, 11) is 1.60. The number of ether oxygens (including phenoxy) is 2. The Labute approximate surface area is 227 Å². The molecule has 0 bridgehead atoms. The summed E-state index contributed by atoms with van der Waals surface area (Å²) >= 11 is 6.99. The molecule has 3 aromatic carbocycles. The molecule has 0 radical (unpaired) electrons. The molecule has 186 valence electrons. The summed E-state index contributed by atoms with van der Waals surface area (Å²) in [6.07, 6.45) is 4.16. The normalized spacial score (nSPS) is 11.4. The minimum Gasteiger partial charge on any atom is -0.493 e. The molecule has 0 atom stereocenters. The van der Waals surface area contributed by atoms with Gasteiger partial charge in [0.1, 0.15) is 12.4 Å². The highest BCUT2D eigenvalue weighted by Gasteiger charge is 2.14. The third-order valence-corrected chi connectivity index (χ3v) is 6.66. The smallest absolute Gasteiger partial charge is 0.282 e. The van der Waals surface area contributed by atoms with Crippen LogP contribution in [0.3, 0.4) is 0 Å². The van der Waals surface area contributed by atoms with E-state index in [1.165, 1.54) is 10.2 Å². The average Bonchev–Trinajstić information content (AvgIpc) is 2.87. The zero-order valence-electron chi connectivity index (χ0n) is 20.4. The number of unbranched alkanes of at least 4 members (excludes halogenated alkanes) is 1. The molecule has 0 aliphatic carbocycles. The summed E-state index contributed by atoms with van der Waals surface area (Å²) in [5, 5.41) is 5.10. The number of methoxy groups -OCH3 is 1. The maximum absolute atomic E-state index is 13.4. The van der Waals surface area contributed by atoms with Crippen LogP contribution >= 0.6 is 31.9 Å². The van der Waals surface area contributed by atoms with E-state index >= 15 is 0 Å². The number of aryl methyl sites for hydroxylation is 2. The van der Waals surface area contributed by atoms with E-state index in [0.717, 1.165) is 27.4 Å². The van der Waals surface area contributed by atoms with Crippen molar-refractivity contribution in [1.82, 2.24) is 9.66 Å². The lowest BCUT2D eigenvalue weighted by Gasteiger charge is -2.15. The molecule has 36 heavy (non-hydrogen) atoms. The largest absolute Gasteiger partial charge is 0.493 e. The molecule has 0 saturated carbocycles. The van der Waals surface area contributed by atoms with Crippen LogP contribution < -0.4 is 15.0 Å². The van der Waals surface area contributed by atoms with Crippen LogP contribution in [0, 0.1) is 6.92 Å². The predicted octanol–water partition coefficient (Wildman–Crippen LogP) is 7.04. The summed E-state index contributed by atoms with van der Waals surface area (Å²) in [4.78, 5) is 18.2. The van der Waals surface area contributed by atoms with E-state index in [9.17, 15) is 4.79 Å². The number of aromatic nitrogens is 2. The molecule has 0 aliphatic heterocycles. The van der Waals surface area contributed by atoms with Crippen molar-refractivity contribution in [3.05, 3.63) is 96.4 Å². The highest BCUT2D eigenvalue weighted by Crippen LogP contribution is 2.34. The van der Waals surface area contributed by atoms with Gasteiger partial charge in [0.05, 0.1) is 24.2 Å². The van der Waals surface area contributed by atoms with Gasteiger partial charge in [0, 0.05) is 20.9 Å². The van der Waals surface area contributed by atoms with E-state index in [-0.39, 0.29) is 5.56 Å². The van der Waals surface area contributed by atoms with Crippen molar-refractivity contribution in [2.75, 3.05) is 7.11 Å². The number of rotatable bonds is 9. The second-order valence-corrected chi connectivity index (χ2v) is 10.3. The monoisotopic (exact) mass is 611 g/mol. The molecule has 0 spiro atoms. The minimum atomic E-state index is -0.215. The van der Waals surface area contributed by atoms with Gasteiger partial charge in [-0.3, -0.25) is 4.79 Å². The maximum atomic E-state index is 13.4. The number of hydrogen-bond acceptors (Lipinski definition) is 5. The van der Waals surface area contributed by atoms with Gasteiger partial charge in [-0.05, 0) is 49.2 Å². The van der Waals surface area contributed by atoms with E-state index in [4.69, 9.17) is 14.5 Å². The van der Waals surface area contributed by atoms with E-state index in [2.05, 4.69) is 56.0 Å². The Hall–Kier alpha value is -2.97. The molecule has 0 aliphatic rings. The van der Waals surface area contributed by atoms with Crippen molar-refractivity contribution in [3.8, 4) is 11.5 Å². The molecule has 0 saturated heterocycles. The van der Waals surface area contributed by atoms with Crippen molar-refractivity contribution in [1.29, 1.82) is 0 Å². The number of hydrogen-bond donors (Lipinski definition) is 0. The van der Waals surface area contributed by atoms with Gasteiger partial charge < -0.3 is 9.47 Å². The Balaban J connectivity index is 1.77. The standard InChI is InChI=1S/C28H27Br2N3O3/c1-4-5-6-26-32-24-12-11-21(29)14-23(24)28(34)33(26)31-16-20-13-22(30)15-25(35-3)27(20)36-17-19-9-7-18(2)8-10-19/h7-16H,4-6,17H2,1-3H3. The first-order valence-corrected chi connectivity index (χ1v) is 13.3. The third-order valence-electron chi connectivity index (χ3n) is 5.71. The van der Waals surface area contributed by atoms with Gasteiger partial charge in [-0.1, -0.05) is 75.0 Å². The number of fused-ring (bicyclic) bond motifs is 1. The highest BCUT2D eigenvalue weighted by atomic mass is 79.9. The van der Waals surface area contributed by atoms with E-state index in [1.54, 1.807) is 19.4 Å². The van der Waals surface area contributed by atoms with Crippen LogP contribution in [0.5, 0.6) is 11.5 Å². The fourth-order valence-corrected chi connectivity index (χ4v) is 4.58. The van der Waals surface area contributed by atoms with Crippen LogP contribution in [0.1, 0.15) is 42.3 Å². The predicted molar refractivity (Wildman–Crippen MR) is 152 cm³/mol. The Morgan fingerprint density at radius 2 is 1.83 bits per heavy atom. The highest BCUT2D eigenvalue weighted by molar-refractivity contribution is 9.10. The molecular weight excluding hydrogens is 586 g/mol. The Kier molecular flexibility index (Phi) is 8.59. The Bertz CT molecular complexity index is 1460. The number of nitrogens with zero attached hydrogens (tertiary/aromatic N) is 3. The van der Waals surface area contributed by atoms with Crippen LogP contribution in [0.4, 0.5) is 0 Å². The Morgan fingerprint density at radius 1 is 1.06 bits per heavy atom. The fraction of sp³-hybridized carbons (Fsp3) is 0.250. The zero-order valence-corrected chi connectivity index (χ0v) is 23.6. The van der Waals surface area contributed by atoms with Crippen LogP contribution in [-0.4, -0.2) is 23.0 Å². The molecule has 6 nitrogen and oxygen atoms in total. The lowest BCUT2D eigenvalue weighted by molar-refractivity contribution is 0.284. The summed E-state index contributed by atoms with van der Waals surface area (Å²) in [6.45, 7) is 4.52. The summed E-state index contributed by atoms with van der Waals surface area (Å²) in [5.74, 6) is 1.73. The molecule has 4 aromatic rings. The van der Waals surface area contributed by atoms with Gasteiger partial charge in [-0.25, -0.2) is 4.98 Å². The summed E-state index contributed by atoms with van der Waals surface area (Å²) in [5.41, 5.74) is 3.35. The van der Waals surface area contributed by atoms with E-state index in [1.807, 2.05) is 43.3 Å². The topological polar surface area (TPSA) is 65.7 Å². The van der Waals surface area contributed by atoms with Crippen molar-refractivity contribution >= 4 is 49.0 Å². The van der Waals surface area contributed by atoms with Crippen molar-refractivity contribution in [3.63, 3.8) is 0 Å². The van der Waals surface area contributed by atoms with Crippen molar-refractivity contribution in [2.45, 2.75) is 39.7 Å². The van der Waals surface area contributed by atoms with Crippen LogP contribution in [0.15, 0.2) is 73.4 Å². The van der Waals surface area contributed by atoms with Gasteiger partial charge in [0.25, 0.3) is 5.56 Å². The molecule has 8 heteroatoms. The van der Waals surface area contributed by atoms with E-state index in [0.29, 0.717) is 46.8 Å². The maximum Gasteiger partial charge on any atom is 0.282 e. The van der Waals surface area contributed by atoms with E-state index < -0.39 is 0 Å². The molecular formula is C28H27Br2N3O3. The first kappa shape index (κ1) is 26.1. The first-order chi connectivity index (χ1) is 17.4. The number of benzene rings is 3. The Morgan fingerprint density at radius 3 is 2.56 bits per heavy atom. The molecule has 0 N–H and O–H groups in total. The average molecular weight is 613 g/mol. The second-order valence-electron chi connectivity index (χ2n) is 8.46. The summed E-state index contributed by atoms with van der Waals surface area (Å²) < 4.78 is 14.8. The van der Waals surface area contributed by atoms with Crippen LogP contribution in [0.2, 0.25) is 0 Å². The lowest BCUT2D eigenvalue weighted by atomic mass is 10.1. The lowest BCUT2D eigenvalue weighted by Crippen LogP contribution is -2.22. The molecule has 4 rings (SSSR count). The van der Waals surface area contributed by atoms with Crippen LogP contribution in [-0.2, 0) is 13.0 Å². The van der Waals surface area contributed by atoms with Crippen molar-refractivity contribution < 1.29 is 9.47 Å². The first-order valence-electron chi connectivity index (χ1n) is 11.7. The van der Waals surface area contributed by atoms with Crippen molar-refractivity contribution in [2.24, 2.45) is 5.10 Å². The zero-order chi connectivity index (χ0) is 25.7. The van der Waals surface area contributed by atoms with Crippen LogP contribution in [0.25, 0.3) is 10.9 Å². The molecule has 0 fully saturated rings.